The van der Waals surface area contributed by atoms with E-state index in [-0.39, 0.29) is 23.9 Å². The van der Waals surface area contributed by atoms with E-state index in [1.807, 2.05) is 13.8 Å². The van der Waals surface area contributed by atoms with Gasteiger partial charge < -0.3 is 20.8 Å². The van der Waals surface area contributed by atoms with E-state index in [9.17, 15) is 19.4 Å². The summed E-state index contributed by atoms with van der Waals surface area (Å²) in [5, 5.41) is 26.3. The normalized spacial score (nSPS) is 12.6. The Kier molecular flexibility index (Phi) is 9.55. The zero-order valence-electron chi connectivity index (χ0n) is 18.0. The van der Waals surface area contributed by atoms with Crippen LogP contribution < -0.4 is 10.6 Å². The number of anilines is 1. The Hall–Kier alpha value is -2.78. The minimum Gasteiger partial charge on any atom is -0.394 e. The zero-order valence-corrected chi connectivity index (χ0v) is 19.6. The number of amides is 1. The highest BCUT2D eigenvalue weighted by molar-refractivity contribution is 6.30. The van der Waals surface area contributed by atoms with Gasteiger partial charge in [0.25, 0.3) is 5.91 Å². The molecular formula is C23H25Cl2FN4O3. The molecule has 2 unspecified atom stereocenters. The Morgan fingerprint density at radius 2 is 1.97 bits per heavy atom. The van der Waals surface area contributed by atoms with Crippen LogP contribution in [0.3, 0.4) is 0 Å². The Balaban J connectivity index is 0.00000385. The molecule has 10 heteroatoms. The summed E-state index contributed by atoms with van der Waals surface area (Å²) in [6, 6.07) is 7.95. The number of carbonyl (C=O) groups is 1. The van der Waals surface area contributed by atoms with E-state index >= 15 is 0 Å². The van der Waals surface area contributed by atoms with Crippen LogP contribution in [0.1, 0.15) is 35.7 Å². The third-order valence-electron chi connectivity index (χ3n) is 4.88. The van der Waals surface area contributed by atoms with Crippen molar-refractivity contribution in [2.45, 2.75) is 32.0 Å². The van der Waals surface area contributed by atoms with Crippen molar-refractivity contribution in [3.8, 4) is 11.3 Å². The van der Waals surface area contributed by atoms with Gasteiger partial charge in [0.2, 0.25) is 0 Å². The van der Waals surface area contributed by atoms with Crippen LogP contribution in [-0.4, -0.2) is 45.0 Å². The third-order valence-corrected chi connectivity index (χ3v) is 5.12. The maximum Gasteiger partial charge on any atom is 0.253 e. The number of rotatable bonds is 8. The topological polar surface area (TPSA) is 107 Å². The number of benzene rings is 1. The SMILES string of the molecule is CC(C)c1cnc(-c2cc(Cl)ccc2F)cc1NC(O)C(CO)NC(=O)c1cccnc1.Cl. The van der Waals surface area contributed by atoms with Crippen molar-refractivity contribution in [3.05, 3.63) is 77.0 Å². The minimum absolute atomic E-state index is 0. The number of pyridine rings is 2. The molecule has 0 radical (unpaired) electrons. The van der Waals surface area contributed by atoms with Gasteiger partial charge in [0.1, 0.15) is 12.0 Å². The molecule has 2 aromatic heterocycles. The van der Waals surface area contributed by atoms with Crippen LogP contribution in [0.4, 0.5) is 10.1 Å². The Morgan fingerprint density at radius 1 is 1.21 bits per heavy atom. The number of carbonyl (C=O) groups excluding carboxylic acids is 1. The summed E-state index contributed by atoms with van der Waals surface area (Å²) in [6.45, 7) is 3.38. The molecule has 33 heavy (non-hydrogen) atoms. The molecule has 0 bridgehead atoms. The van der Waals surface area contributed by atoms with Gasteiger partial charge in [-0.25, -0.2) is 4.39 Å². The summed E-state index contributed by atoms with van der Waals surface area (Å²) < 4.78 is 14.3. The smallest absolute Gasteiger partial charge is 0.253 e. The number of nitrogens with one attached hydrogen (secondary N) is 2. The maximum absolute atomic E-state index is 14.3. The van der Waals surface area contributed by atoms with Crippen molar-refractivity contribution in [2.75, 3.05) is 11.9 Å². The van der Waals surface area contributed by atoms with Crippen LogP contribution in [-0.2, 0) is 0 Å². The summed E-state index contributed by atoms with van der Waals surface area (Å²) >= 11 is 6.01. The molecule has 2 atom stereocenters. The van der Waals surface area contributed by atoms with Crippen molar-refractivity contribution in [1.29, 1.82) is 0 Å². The molecule has 7 nitrogen and oxygen atoms in total. The molecule has 0 aliphatic rings. The molecule has 0 saturated carbocycles. The first-order valence-electron chi connectivity index (χ1n) is 10.0. The van der Waals surface area contributed by atoms with Gasteiger partial charge in [-0.2, -0.15) is 0 Å². The van der Waals surface area contributed by atoms with E-state index in [0.29, 0.717) is 22.0 Å². The van der Waals surface area contributed by atoms with Crippen LogP contribution in [0.5, 0.6) is 0 Å². The van der Waals surface area contributed by atoms with Crippen LogP contribution in [0.2, 0.25) is 5.02 Å². The van der Waals surface area contributed by atoms with Gasteiger partial charge in [-0.3, -0.25) is 14.8 Å². The second kappa shape index (κ2) is 11.9. The summed E-state index contributed by atoms with van der Waals surface area (Å²) in [5.74, 6) is -0.936. The van der Waals surface area contributed by atoms with E-state index in [1.54, 1.807) is 24.4 Å². The van der Waals surface area contributed by atoms with Crippen LogP contribution >= 0.6 is 24.0 Å². The van der Waals surface area contributed by atoms with E-state index in [4.69, 9.17) is 11.6 Å². The van der Waals surface area contributed by atoms with Crippen LogP contribution in [0, 0.1) is 5.82 Å². The fourth-order valence-electron chi connectivity index (χ4n) is 3.13. The van der Waals surface area contributed by atoms with Gasteiger partial charge in [0.15, 0.2) is 0 Å². The standard InChI is InChI=1S/C23H24ClFN4O3.ClH/c1-13(2)17-11-27-19(16-8-15(24)5-6-18(16)25)9-20(17)28-23(32)21(12-30)29-22(31)14-4-3-7-26-10-14;/h3-11,13,21,23,30,32H,12H2,1-2H3,(H,27,28)(H,29,31);1H. The third kappa shape index (κ3) is 6.61. The average Bonchev–Trinajstić information content (AvgIpc) is 2.79. The first kappa shape index (κ1) is 26.5. The maximum atomic E-state index is 14.3. The lowest BCUT2D eigenvalue weighted by Gasteiger charge is -2.26. The van der Waals surface area contributed by atoms with Gasteiger partial charge in [-0.05, 0) is 47.9 Å². The lowest BCUT2D eigenvalue weighted by atomic mass is 10.0. The molecule has 176 valence electrons. The van der Waals surface area contributed by atoms with Crippen molar-refractivity contribution in [3.63, 3.8) is 0 Å². The molecule has 3 aromatic rings. The Morgan fingerprint density at radius 3 is 2.61 bits per heavy atom. The van der Waals surface area contributed by atoms with E-state index in [1.165, 1.54) is 30.6 Å². The summed E-state index contributed by atoms with van der Waals surface area (Å²) in [4.78, 5) is 20.6. The van der Waals surface area contributed by atoms with E-state index in [2.05, 4.69) is 20.6 Å². The number of hydrogen-bond donors (Lipinski definition) is 4. The van der Waals surface area contributed by atoms with Crippen molar-refractivity contribution < 1.29 is 19.4 Å². The number of aliphatic hydroxyl groups is 2. The molecule has 0 aliphatic carbocycles. The monoisotopic (exact) mass is 494 g/mol. The summed E-state index contributed by atoms with van der Waals surface area (Å²) in [6.07, 6.45) is 3.18. The lowest BCUT2D eigenvalue weighted by molar-refractivity contribution is 0.0777. The van der Waals surface area contributed by atoms with Crippen molar-refractivity contribution in [1.82, 2.24) is 15.3 Å². The van der Waals surface area contributed by atoms with Gasteiger partial charge in [0.05, 0.1) is 23.9 Å². The van der Waals surface area contributed by atoms with Crippen molar-refractivity contribution >= 4 is 35.6 Å². The number of aliphatic hydroxyl groups excluding tert-OH is 2. The average molecular weight is 495 g/mol. The van der Waals surface area contributed by atoms with E-state index in [0.717, 1.165) is 5.56 Å². The fraction of sp³-hybridized carbons (Fsp3) is 0.261. The molecule has 0 saturated heterocycles. The second-order valence-corrected chi connectivity index (χ2v) is 7.97. The molecule has 0 aliphatic heterocycles. The largest absolute Gasteiger partial charge is 0.394 e. The van der Waals surface area contributed by atoms with Gasteiger partial charge in [-0.1, -0.05) is 25.4 Å². The lowest BCUT2D eigenvalue weighted by Crippen LogP contribution is -2.49. The van der Waals surface area contributed by atoms with Gasteiger partial charge >= 0.3 is 0 Å². The molecule has 1 amide bonds. The zero-order chi connectivity index (χ0) is 23.3. The van der Waals surface area contributed by atoms with Gasteiger partial charge in [-0.15, -0.1) is 12.4 Å². The highest BCUT2D eigenvalue weighted by Crippen LogP contribution is 2.31. The Labute approximate surface area is 202 Å². The number of hydrogen-bond acceptors (Lipinski definition) is 6. The molecule has 2 heterocycles. The number of halogens is 3. The van der Waals surface area contributed by atoms with Gasteiger partial charge in [0, 0.05) is 34.9 Å². The minimum atomic E-state index is -1.34. The summed E-state index contributed by atoms with van der Waals surface area (Å²) in [5.41, 5.74) is 2.10. The molecule has 0 spiro atoms. The van der Waals surface area contributed by atoms with E-state index < -0.39 is 30.6 Å². The first-order chi connectivity index (χ1) is 15.3. The highest BCUT2D eigenvalue weighted by Gasteiger charge is 2.23. The highest BCUT2D eigenvalue weighted by atomic mass is 35.5. The Bertz CT molecular complexity index is 1090. The quantitative estimate of drug-likeness (QED) is 0.352. The molecule has 1 aromatic carbocycles. The molecule has 0 fully saturated rings. The predicted molar refractivity (Wildman–Crippen MR) is 128 cm³/mol. The number of aromatic nitrogens is 2. The summed E-state index contributed by atoms with van der Waals surface area (Å²) in [7, 11) is 0. The molecular weight excluding hydrogens is 470 g/mol. The van der Waals surface area contributed by atoms with Crippen LogP contribution in [0.25, 0.3) is 11.3 Å². The van der Waals surface area contributed by atoms with Crippen molar-refractivity contribution in [2.24, 2.45) is 0 Å². The second-order valence-electron chi connectivity index (χ2n) is 7.53. The molecule has 3 rings (SSSR count). The fourth-order valence-corrected chi connectivity index (χ4v) is 3.30. The van der Waals surface area contributed by atoms with Crippen LogP contribution in [0.15, 0.2) is 55.0 Å². The first-order valence-corrected chi connectivity index (χ1v) is 10.4. The predicted octanol–water partition coefficient (Wildman–Crippen LogP) is 4.00. The number of nitrogens with zero attached hydrogens (tertiary/aromatic N) is 2. The molecule has 4 N–H and O–H groups in total.